The molecule has 0 saturated heterocycles. The third-order valence-electron chi connectivity index (χ3n) is 12.7. The summed E-state index contributed by atoms with van der Waals surface area (Å²) >= 11 is 0. The number of benzene rings is 10. The van der Waals surface area contributed by atoms with Crippen molar-refractivity contribution in [1.82, 2.24) is 0 Å². The van der Waals surface area contributed by atoms with E-state index >= 15 is 0 Å². The molecular weight excluding hydrogens is 677 g/mol. The van der Waals surface area contributed by atoms with Crippen LogP contribution in [-0.2, 0) is 5.41 Å². The minimum absolute atomic E-state index is 0.187. The van der Waals surface area contributed by atoms with Gasteiger partial charge >= 0.3 is 0 Å². The molecule has 1 heterocycles. The zero-order valence-electron chi connectivity index (χ0n) is 31.2. The Morgan fingerprint density at radius 1 is 0.339 bits per heavy atom. The molecule has 0 saturated carbocycles. The Morgan fingerprint density at radius 3 is 1.55 bits per heavy atom. The monoisotopic (exact) mass is 712 g/mol. The lowest BCUT2D eigenvalue weighted by atomic mass is 9.80. The summed E-state index contributed by atoms with van der Waals surface area (Å²) in [6.45, 7) is 4.78. The van der Waals surface area contributed by atoms with E-state index in [9.17, 15) is 0 Å². The number of hydrogen-bond acceptors (Lipinski definition) is 1. The first-order chi connectivity index (χ1) is 27.5. The van der Waals surface area contributed by atoms with Gasteiger partial charge in [-0.15, -0.1) is 0 Å². The van der Waals surface area contributed by atoms with Crippen LogP contribution in [0.2, 0.25) is 0 Å². The quantitative estimate of drug-likeness (QED) is 0.166. The molecule has 0 atom stereocenters. The maximum atomic E-state index is 6.47. The van der Waals surface area contributed by atoms with Gasteiger partial charge in [-0.05, 0) is 129 Å². The van der Waals surface area contributed by atoms with E-state index in [4.69, 9.17) is 4.42 Å². The Morgan fingerprint density at radius 2 is 0.857 bits per heavy atom. The molecule has 262 valence electrons. The minimum atomic E-state index is -0.187. The lowest BCUT2D eigenvalue weighted by Crippen LogP contribution is -2.15. The molecule has 0 unspecified atom stereocenters. The van der Waals surface area contributed by atoms with Crippen molar-refractivity contribution in [3.63, 3.8) is 0 Å². The molecule has 1 nitrogen and oxygen atoms in total. The Balaban J connectivity index is 0.998. The number of hydrogen-bond donors (Lipinski definition) is 0. The van der Waals surface area contributed by atoms with Crippen LogP contribution < -0.4 is 0 Å². The average Bonchev–Trinajstić information content (AvgIpc) is 3.73. The largest absolute Gasteiger partial charge is 0.456 e. The van der Waals surface area contributed by atoms with Gasteiger partial charge in [-0.3, -0.25) is 0 Å². The van der Waals surface area contributed by atoms with Gasteiger partial charge < -0.3 is 4.42 Å². The van der Waals surface area contributed by atoms with Crippen molar-refractivity contribution in [1.29, 1.82) is 0 Å². The molecule has 12 rings (SSSR count). The summed E-state index contributed by atoms with van der Waals surface area (Å²) in [6, 6.07) is 67.2. The molecule has 11 aromatic rings. The number of rotatable bonds is 3. The molecule has 1 aliphatic carbocycles. The molecule has 0 spiro atoms. The lowest BCUT2D eigenvalue weighted by molar-refractivity contribution is 0.661. The predicted molar refractivity (Wildman–Crippen MR) is 238 cm³/mol. The van der Waals surface area contributed by atoms with Gasteiger partial charge in [-0.1, -0.05) is 166 Å². The minimum Gasteiger partial charge on any atom is -0.456 e. The average molecular weight is 713 g/mol. The highest BCUT2D eigenvalue weighted by Gasteiger charge is 2.36. The fourth-order valence-corrected chi connectivity index (χ4v) is 9.97. The summed E-state index contributed by atoms with van der Waals surface area (Å²) in [4.78, 5) is 0. The van der Waals surface area contributed by atoms with E-state index in [1.807, 2.05) is 0 Å². The fraction of sp³-hybridized carbons (Fsp3) is 0.0545. The molecule has 0 amide bonds. The van der Waals surface area contributed by atoms with Crippen LogP contribution in [0.4, 0.5) is 0 Å². The Kier molecular flexibility index (Phi) is 6.46. The topological polar surface area (TPSA) is 13.1 Å². The van der Waals surface area contributed by atoms with Crippen molar-refractivity contribution in [3.05, 3.63) is 193 Å². The highest BCUT2D eigenvalue weighted by atomic mass is 16.3. The van der Waals surface area contributed by atoms with Crippen molar-refractivity contribution in [2.24, 2.45) is 0 Å². The predicted octanol–water partition coefficient (Wildman–Crippen LogP) is 15.5. The summed E-state index contributed by atoms with van der Waals surface area (Å²) in [6.07, 6.45) is 0. The van der Waals surface area contributed by atoms with E-state index in [2.05, 4.69) is 196 Å². The molecule has 1 heteroatoms. The van der Waals surface area contributed by atoms with E-state index in [0.717, 1.165) is 16.6 Å². The van der Waals surface area contributed by atoms with Crippen LogP contribution in [-0.4, -0.2) is 0 Å². The number of furan rings is 1. The van der Waals surface area contributed by atoms with Gasteiger partial charge in [0.2, 0.25) is 0 Å². The Labute approximate surface area is 325 Å². The van der Waals surface area contributed by atoms with Crippen LogP contribution in [0.3, 0.4) is 0 Å². The molecule has 56 heavy (non-hydrogen) atoms. The molecule has 1 aliphatic rings. The van der Waals surface area contributed by atoms with Gasteiger partial charge in [0.25, 0.3) is 0 Å². The van der Waals surface area contributed by atoms with E-state index in [1.165, 1.54) is 104 Å². The van der Waals surface area contributed by atoms with Crippen molar-refractivity contribution >= 4 is 65.0 Å². The van der Waals surface area contributed by atoms with Crippen LogP contribution in [0, 0.1) is 0 Å². The van der Waals surface area contributed by atoms with Gasteiger partial charge in [0.1, 0.15) is 11.2 Å². The second-order valence-corrected chi connectivity index (χ2v) is 16.0. The van der Waals surface area contributed by atoms with Crippen molar-refractivity contribution in [2.45, 2.75) is 19.3 Å². The molecule has 0 N–H and O–H groups in total. The van der Waals surface area contributed by atoms with Crippen molar-refractivity contribution < 1.29 is 4.42 Å². The first kappa shape index (κ1) is 31.4. The molecule has 0 bridgehead atoms. The van der Waals surface area contributed by atoms with Gasteiger partial charge in [-0.2, -0.15) is 0 Å². The van der Waals surface area contributed by atoms with Crippen LogP contribution in [0.25, 0.3) is 110 Å². The summed E-state index contributed by atoms with van der Waals surface area (Å²) in [5.41, 5.74) is 14.5. The molecule has 0 fully saturated rings. The Hall–Kier alpha value is -6.96. The highest BCUT2D eigenvalue weighted by molar-refractivity contribution is 6.24. The summed E-state index contributed by atoms with van der Waals surface area (Å²) < 4.78 is 6.47. The van der Waals surface area contributed by atoms with Crippen LogP contribution in [0.1, 0.15) is 25.0 Å². The summed E-state index contributed by atoms with van der Waals surface area (Å²) in [5, 5.41) is 12.5. The van der Waals surface area contributed by atoms with Crippen molar-refractivity contribution in [2.75, 3.05) is 0 Å². The first-order valence-corrected chi connectivity index (χ1v) is 19.6. The summed E-state index contributed by atoms with van der Waals surface area (Å²) in [7, 11) is 0. The molecule has 0 radical (unpaired) electrons. The number of fused-ring (bicyclic) bond motifs is 11. The SMILES string of the molecule is CC1(C)c2cc(-c3ccc4c(c3)oc3ccc5ccccc5c34)ccc2-c2ccc(-c3c4ccccc4c(-c4cccc5ccccc45)c4ccccc34)cc21. The molecular formula is C55H36O. The van der Waals surface area contributed by atoms with Gasteiger partial charge in [-0.25, -0.2) is 0 Å². The van der Waals surface area contributed by atoms with E-state index in [-0.39, 0.29) is 5.41 Å². The van der Waals surface area contributed by atoms with Crippen LogP contribution >= 0.6 is 0 Å². The third kappa shape index (κ3) is 4.37. The maximum Gasteiger partial charge on any atom is 0.136 e. The van der Waals surface area contributed by atoms with Gasteiger partial charge in [0.15, 0.2) is 0 Å². The van der Waals surface area contributed by atoms with E-state index in [1.54, 1.807) is 0 Å². The second kappa shape index (κ2) is 11.5. The fourth-order valence-electron chi connectivity index (χ4n) is 9.97. The smallest absolute Gasteiger partial charge is 0.136 e. The molecule has 1 aromatic heterocycles. The van der Waals surface area contributed by atoms with Crippen LogP contribution in [0.15, 0.2) is 186 Å². The lowest BCUT2D eigenvalue weighted by Gasteiger charge is -2.23. The van der Waals surface area contributed by atoms with Gasteiger partial charge in [0.05, 0.1) is 0 Å². The molecule has 10 aromatic carbocycles. The van der Waals surface area contributed by atoms with Crippen molar-refractivity contribution in [3.8, 4) is 44.5 Å². The van der Waals surface area contributed by atoms with E-state index in [0.29, 0.717) is 0 Å². The van der Waals surface area contributed by atoms with Gasteiger partial charge in [0, 0.05) is 16.2 Å². The Bertz CT molecular complexity index is 3390. The van der Waals surface area contributed by atoms with Crippen LogP contribution in [0.5, 0.6) is 0 Å². The highest BCUT2D eigenvalue weighted by Crippen LogP contribution is 2.52. The normalized spacial score (nSPS) is 13.3. The molecule has 0 aliphatic heterocycles. The zero-order chi connectivity index (χ0) is 37.1. The van der Waals surface area contributed by atoms with E-state index < -0.39 is 0 Å². The zero-order valence-corrected chi connectivity index (χ0v) is 31.2. The standard InChI is InChI=1S/C55H36O/c1-55(2)48-30-35(36-23-28-47-51(32-36)56-50-29-25-34-13-4-6-16-39(34)54(47)50)22-26-40(48)41-27-24-37(31-49(41)55)52-43-17-7-9-19-45(43)53(46-20-10-8-18-44(46)52)42-21-11-14-33-12-3-5-15-38(33)42/h3-32H,1-2H3. The summed E-state index contributed by atoms with van der Waals surface area (Å²) in [5.74, 6) is 0. The first-order valence-electron chi connectivity index (χ1n) is 19.6. The maximum absolute atomic E-state index is 6.47. The second-order valence-electron chi connectivity index (χ2n) is 16.0. The third-order valence-corrected chi connectivity index (χ3v) is 12.7.